The number of rotatable bonds is 3. The molecular formula is C15H12ClN3S. The van der Waals surface area contributed by atoms with Gasteiger partial charge >= 0.3 is 0 Å². The molecule has 3 nitrogen and oxygen atoms in total. The molecule has 20 heavy (non-hydrogen) atoms. The highest BCUT2D eigenvalue weighted by atomic mass is 35.5. The first kappa shape index (κ1) is 13.1. The van der Waals surface area contributed by atoms with Crippen molar-refractivity contribution >= 4 is 28.1 Å². The third-order valence-electron chi connectivity index (χ3n) is 2.92. The van der Waals surface area contributed by atoms with Crippen molar-refractivity contribution in [2.24, 2.45) is 0 Å². The maximum Gasteiger partial charge on any atom is 0.182 e. The van der Waals surface area contributed by atoms with Gasteiger partial charge in [-0.3, -0.25) is 4.98 Å². The quantitative estimate of drug-likeness (QED) is 0.770. The second-order valence-corrected chi connectivity index (χ2v) is 5.60. The van der Waals surface area contributed by atoms with Crippen molar-refractivity contribution in [3.8, 4) is 21.7 Å². The van der Waals surface area contributed by atoms with Gasteiger partial charge in [-0.25, -0.2) is 4.98 Å². The van der Waals surface area contributed by atoms with Crippen LogP contribution in [0, 0.1) is 0 Å². The lowest BCUT2D eigenvalue weighted by molar-refractivity contribution is 1.32. The molecule has 0 spiro atoms. The van der Waals surface area contributed by atoms with E-state index in [-0.39, 0.29) is 0 Å². The van der Waals surface area contributed by atoms with E-state index in [2.05, 4.69) is 15.3 Å². The maximum absolute atomic E-state index is 6.29. The standard InChI is InChI=1S/C15H12ClN3S/c1-17-15-19-9-13(20-15)11-6-4-8-18-14(11)10-5-2-3-7-12(10)16/h2-9H,1H3,(H,17,19). The second-order valence-electron chi connectivity index (χ2n) is 4.16. The average Bonchev–Trinajstić information content (AvgIpc) is 2.97. The van der Waals surface area contributed by atoms with Crippen molar-refractivity contribution in [2.75, 3.05) is 12.4 Å². The fourth-order valence-electron chi connectivity index (χ4n) is 1.99. The third kappa shape index (κ3) is 2.40. The molecule has 0 saturated carbocycles. The third-order valence-corrected chi connectivity index (χ3v) is 4.30. The average molecular weight is 302 g/mol. The highest BCUT2D eigenvalue weighted by Crippen LogP contribution is 2.37. The van der Waals surface area contributed by atoms with Gasteiger partial charge in [0.05, 0.1) is 10.6 Å². The molecule has 3 rings (SSSR count). The Labute approximate surface area is 126 Å². The molecule has 0 aliphatic rings. The number of benzene rings is 1. The molecule has 2 aromatic heterocycles. The van der Waals surface area contributed by atoms with Crippen LogP contribution in [-0.2, 0) is 0 Å². The van der Waals surface area contributed by atoms with Gasteiger partial charge in [0.15, 0.2) is 5.13 Å². The number of halogens is 1. The van der Waals surface area contributed by atoms with E-state index < -0.39 is 0 Å². The van der Waals surface area contributed by atoms with Crippen molar-refractivity contribution in [3.05, 3.63) is 53.8 Å². The lowest BCUT2D eigenvalue weighted by atomic mass is 10.1. The van der Waals surface area contributed by atoms with Crippen LogP contribution in [0.3, 0.4) is 0 Å². The van der Waals surface area contributed by atoms with Gasteiger partial charge in [0.25, 0.3) is 0 Å². The monoisotopic (exact) mass is 301 g/mol. The molecular weight excluding hydrogens is 290 g/mol. The Kier molecular flexibility index (Phi) is 3.67. The molecule has 2 heterocycles. The van der Waals surface area contributed by atoms with Crippen LogP contribution < -0.4 is 5.32 Å². The van der Waals surface area contributed by atoms with Gasteiger partial charge in [-0.15, -0.1) is 0 Å². The molecule has 0 aliphatic heterocycles. The molecule has 0 unspecified atom stereocenters. The Morgan fingerprint density at radius 2 is 1.85 bits per heavy atom. The number of aromatic nitrogens is 2. The van der Waals surface area contributed by atoms with E-state index >= 15 is 0 Å². The van der Waals surface area contributed by atoms with Crippen LogP contribution in [-0.4, -0.2) is 17.0 Å². The van der Waals surface area contributed by atoms with Crippen molar-refractivity contribution in [1.29, 1.82) is 0 Å². The summed E-state index contributed by atoms with van der Waals surface area (Å²) in [5, 5.41) is 4.63. The second kappa shape index (κ2) is 5.61. The predicted octanol–water partition coefficient (Wildman–Crippen LogP) is 4.57. The molecule has 0 aliphatic carbocycles. The molecule has 3 aromatic rings. The van der Waals surface area contributed by atoms with Gasteiger partial charge in [-0.1, -0.05) is 41.1 Å². The molecule has 5 heteroatoms. The van der Waals surface area contributed by atoms with E-state index in [1.165, 1.54) is 0 Å². The van der Waals surface area contributed by atoms with E-state index in [9.17, 15) is 0 Å². The van der Waals surface area contributed by atoms with Gasteiger partial charge in [-0.2, -0.15) is 0 Å². The molecule has 0 saturated heterocycles. The highest BCUT2D eigenvalue weighted by Gasteiger charge is 2.13. The maximum atomic E-state index is 6.29. The van der Waals surface area contributed by atoms with Crippen LogP contribution in [0.1, 0.15) is 0 Å². The summed E-state index contributed by atoms with van der Waals surface area (Å²) >= 11 is 7.88. The van der Waals surface area contributed by atoms with E-state index in [4.69, 9.17) is 11.6 Å². The van der Waals surface area contributed by atoms with Gasteiger partial charge < -0.3 is 5.32 Å². The van der Waals surface area contributed by atoms with E-state index in [1.54, 1.807) is 17.5 Å². The highest BCUT2D eigenvalue weighted by molar-refractivity contribution is 7.18. The molecule has 0 radical (unpaired) electrons. The number of anilines is 1. The van der Waals surface area contributed by atoms with E-state index in [0.717, 1.165) is 26.8 Å². The number of thiazole rings is 1. The van der Waals surface area contributed by atoms with Gasteiger partial charge in [0, 0.05) is 35.6 Å². The summed E-state index contributed by atoms with van der Waals surface area (Å²) in [7, 11) is 1.86. The fraction of sp³-hybridized carbons (Fsp3) is 0.0667. The van der Waals surface area contributed by atoms with Crippen LogP contribution in [0.5, 0.6) is 0 Å². The summed E-state index contributed by atoms with van der Waals surface area (Å²) in [5.41, 5.74) is 2.85. The molecule has 0 atom stereocenters. The van der Waals surface area contributed by atoms with Gasteiger partial charge in [0.1, 0.15) is 0 Å². The van der Waals surface area contributed by atoms with Crippen LogP contribution in [0.4, 0.5) is 5.13 Å². The normalized spacial score (nSPS) is 10.5. The first-order valence-corrected chi connectivity index (χ1v) is 7.33. The summed E-state index contributed by atoms with van der Waals surface area (Å²) in [4.78, 5) is 9.88. The number of nitrogens with zero attached hydrogens (tertiary/aromatic N) is 2. The van der Waals surface area contributed by atoms with Crippen LogP contribution >= 0.6 is 22.9 Å². The minimum atomic E-state index is 0.700. The smallest absolute Gasteiger partial charge is 0.182 e. The lowest BCUT2D eigenvalue weighted by Gasteiger charge is -2.08. The minimum Gasteiger partial charge on any atom is -0.365 e. The Morgan fingerprint density at radius 3 is 2.60 bits per heavy atom. The van der Waals surface area contributed by atoms with Crippen LogP contribution in [0.2, 0.25) is 5.02 Å². The molecule has 1 aromatic carbocycles. The first-order chi connectivity index (χ1) is 9.79. The molecule has 1 N–H and O–H groups in total. The van der Waals surface area contributed by atoms with Crippen molar-refractivity contribution in [3.63, 3.8) is 0 Å². The van der Waals surface area contributed by atoms with E-state index in [0.29, 0.717) is 5.02 Å². The summed E-state index contributed by atoms with van der Waals surface area (Å²) < 4.78 is 0. The van der Waals surface area contributed by atoms with Crippen molar-refractivity contribution in [2.45, 2.75) is 0 Å². The van der Waals surface area contributed by atoms with Crippen LogP contribution in [0.25, 0.3) is 21.7 Å². The van der Waals surface area contributed by atoms with E-state index in [1.807, 2.05) is 49.6 Å². The summed E-state index contributed by atoms with van der Waals surface area (Å²) in [5.74, 6) is 0. The molecule has 100 valence electrons. The van der Waals surface area contributed by atoms with Crippen molar-refractivity contribution in [1.82, 2.24) is 9.97 Å². The lowest BCUT2D eigenvalue weighted by Crippen LogP contribution is -1.88. The predicted molar refractivity (Wildman–Crippen MR) is 85.3 cm³/mol. The largest absolute Gasteiger partial charge is 0.365 e. The van der Waals surface area contributed by atoms with Crippen molar-refractivity contribution < 1.29 is 0 Å². The van der Waals surface area contributed by atoms with Gasteiger partial charge in [-0.05, 0) is 18.2 Å². The molecule has 0 bridgehead atoms. The minimum absolute atomic E-state index is 0.700. The Morgan fingerprint density at radius 1 is 1.05 bits per heavy atom. The van der Waals surface area contributed by atoms with Crippen LogP contribution in [0.15, 0.2) is 48.8 Å². The fourth-order valence-corrected chi connectivity index (χ4v) is 3.01. The van der Waals surface area contributed by atoms with Gasteiger partial charge in [0.2, 0.25) is 0 Å². The summed E-state index contributed by atoms with van der Waals surface area (Å²) in [6.45, 7) is 0. The number of hydrogen-bond donors (Lipinski definition) is 1. The zero-order chi connectivity index (χ0) is 13.9. The Hall–Kier alpha value is -1.91. The Bertz CT molecular complexity index is 739. The first-order valence-electron chi connectivity index (χ1n) is 6.13. The number of nitrogens with one attached hydrogen (secondary N) is 1. The number of hydrogen-bond acceptors (Lipinski definition) is 4. The number of pyridine rings is 1. The SMILES string of the molecule is CNc1ncc(-c2cccnc2-c2ccccc2Cl)s1. The summed E-state index contributed by atoms with van der Waals surface area (Å²) in [6.07, 6.45) is 3.63. The summed E-state index contributed by atoms with van der Waals surface area (Å²) in [6, 6.07) is 11.7. The Balaban J connectivity index is 2.16. The zero-order valence-corrected chi connectivity index (χ0v) is 12.4. The zero-order valence-electron chi connectivity index (χ0n) is 10.8. The molecule has 0 amide bonds. The molecule has 0 fully saturated rings. The topological polar surface area (TPSA) is 37.8 Å².